The van der Waals surface area contributed by atoms with Crippen molar-refractivity contribution < 1.29 is 9.13 Å². The molecule has 3 saturated heterocycles. The second kappa shape index (κ2) is 9.46. The molecule has 1 aromatic carbocycles. The highest BCUT2D eigenvalue weighted by Gasteiger charge is 2.45. The number of piperidine rings is 1. The summed E-state index contributed by atoms with van der Waals surface area (Å²) in [5.41, 5.74) is 10.00. The highest BCUT2D eigenvalue weighted by Crippen LogP contribution is 2.43. The number of fused-ring (bicyclic) bond motifs is 5. The quantitative estimate of drug-likeness (QED) is 0.316. The first kappa shape index (κ1) is 25.6. The van der Waals surface area contributed by atoms with Crippen molar-refractivity contribution in [2.24, 2.45) is 11.8 Å². The van der Waals surface area contributed by atoms with Crippen molar-refractivity contribution in [2.45, 2.75) is 64.3 Å². The molecule has 2 unspecified atom stereocenters. The molecular formula is C31H36FN7OS. The molecule has 2 atom stereocenters. The van der Waals surface area contributed by atoms with E-state index in [1.54, 1.807) is 6.20 Å². The molecular weight excluding hydrogens is 537 g/mol. The number of nitrogen functional groups attached to an aromatic ring is 1. The fourth-order valence-corrected chi connectivity index (χ4v) is 8.98. The topological polar surface area (TPSA) is 93.3 Å². The van der Waals surface area contributed by atoms with Crippen LogP contribution >= 0.6 is 11.3 Å². The number of thiazole rings is 1. The van der Waals surface area contributed by atoms with Crippen LogP contribution < -0.4 is 15.4 Å². The summed E-state index contributed by atoms with van der Waals surface area (Å²) in [5.74, 6) is 1.60. The number of hydrogen-bond donors (Lipinski definition) is 1. The number of rotatable bonds is 5. The molecule has 4 aromatic rings. The molecule has 2 bridgehead atoms. The Bertz CT molecular complexity index is 1670. The molecule has 10 heteroatoms. The second-order valence-corrected chi connectivity index (χ2v) is 13.8. The van der Waals surface area contributed by atoms with Gasteiger partial charge in [0.2, 0.25) is 0 Å². The van der Waals surface area contributed by atoms with E-state index in [-0.39, 0.29) is 22.8 Å². The van der Waals surface area contributed by atoms with E-state index in [9.17, 15) is 0 Å². The van der Waals surface area contributed by atoms with Crippen molar-refractivity contribution in [3.63, 3.8) is 0 Å². The maximum absolute atomic E-state index is 16.8. The van der Waals surface area contributed by atoms with Crippen LogP contribution in [0.3, 0.4) is 0 Å². The minimum atomic E-state index is -0.459. The number of aromatic nitrogens is 4. The monoisotopic (exact) mass is 573 g/mol. The van der Waals surface area contributed by atoms with Gasteiger partial charge in [0, 0.05) is 24.8 Å². The summed E-state index contributed by atoms with van der Waals surface area (Å²) < 4.78 is 24.1. The number of benzene rings is 1. The zero-order valence-corrected chi connectivity index (χ0v) is 24.6. The van der Waals surface area contributed by atoms with Gasteiger partial charge in [-0.2, -0.15) is 9.97 Å². The van der Waals surface area contributed by atoms with Crippen LogP contribution in [0.4, 0.5) is 15.3 Å². The lowest BCUT2D eigenvalue weighted by molar-refractivity contribution is 0.108. The summed E-state index contributed by atoms with van der Waals surface area (Å²) in [7, 11) is 0. The molecule has 3 aliphatic heterocycles. The second-order valence-electron chi connectivity index (χ2n) is 12.8. The Morgan fingerprint density at radius 1 is 1.07 bits per heavy atom. The first-order valence-corrected chi connectivity index (χ1v) is 15.9. The summed E-state index contributed by atoms with van der Waals surface area (Å²) in [5, 5.41) is 1.10. The predicted octanol–water partition coefficient (Wildman–Crippen LogP) is 5.88. The summed E-state index contributed by atoms with van der Waals surface area (Å²) in [6.07, 6.45) is 10.2. The zero-order chi connectivity index (χ0) is 27.9. The lowest BCUT2D eigenvalue weighted by atomic mass is 9.95. The van der Waals surface area contributed by atoms with E-state index >= 15 is 4.39 Å². The Labute approximate surface area is 243 Å². The third kappa shape index (κ3) is 4.08. The number of anilines is 2. The normalized spacial score (nSPS) is 23.6. The van der Waals surface area contributed by atoms with E-state index in [0.717, 1.165) is 60.7 Å². The van der Waals surface area contributed by atoms with E-state index in [1.165, 1.54) is 43.4 Å². The summed E-state index contributed by atoms with van der Waals surface area (Å²) >= 11 is 1.41. The Morgan fingerprint density at radius 3 is 2.59 bits per heavy atom. The van der Waals surface area contributed by atoms with E-state index in [4.69, 9.17) is 25.4 Å². The standard InChI is InChI=1S/C31H36FN7OS/c1-17-11-22-26(35-29(33)41-22)23(18(17)2)27-24(32)25-21(13-34-27)28(38-14-19-5-6-20(12-19)15-38)37-30(36-25)40-16-31-7-3-9-39(31)10-4-8-31/h11,13,19-20H,3-10,12,14-16H2,1-2H3,(H2,33,35). The maximum Gasteiger partial charge on any atom is 0.319 e. The van der Waals surface area contributed by atoms with E-state index in [1.807, 2.05) is 13.8 Å². The Morgan fingerprint density at radius 2 is 1.83 bits per heavy atom. The molecule has 8 rings (SSSR count). The molecule has 41 heavy (non-hydrogen) atoms. The Balaban J connectivity index is 1.27. The average molecular weight is 574 g/mol. The highest BCUT2D eigenvalue weighted by molar-refractivity contribution is 7.22. The van der Waals surface area contributed by atoms with Crippen LogP contribution in [0.15, 0.2) is 12.3 Å². The number of pyridine rings is 1. The van der Waals surface area contributed by atoms with Gasteiger partial charge in [0.25, 0.3) is 0 Å². The SMILES string of the molecule is Cc1cc2sc(N)nc2c(-c2ncc3c(N4CC5CCC(C5)C4)nc(OCC45CCCN4CCC5)nc3c2F)c1C. The van der Waals surface area contributed by atoms with Crippen LogP contribution in [0.1, 0.15) is 56.1 Å². The third-order valence-corrected chi connectivity index (χ3v) is 11.1. The molecule has 0 radical (unpaired) electrons. The lowest BCUT2D eigenvalue weighted by Crippen LogP contribution is -2.43. The molecule has 1 aliphatic carbocycles. The summed E-state index contributed by atoms with van der Waals surface area (Å²) in [6.45, 7) is 8.66. The van der Waals surface area contributed by atoms with Crippen molar-refractivity contribution in [3.05, 3.63) is 29.2 Å². The van der Waals surface area contributed by atoms with E-state index < -0.39 is 5.82 Å². The van der Waals surface area contributed by atoms with Crippen LogP contribution in [0.25, 0.3) is 32.4 Å². The molecule has 0 amide bonds. The average Bonchev–Trinajstić information content (AvgIpc) is 3.72. The van der Waals surface area contributed by atoms with Gasteiger partial charge in [-0.15, -0.1) is 0 Å². The highest BCUT2D eigenvalue weighted by atomic mass is 32.1. The number of halogens is 1. The summed E-state index contributed by atoms with van der Waals surface area (Å²) in [6, 6.07) is 2.32. The number of nitrogens with two attached hydrogens (primary N) is 1. The van der Waals surface area contributed by atoms with E-state index in [2.05, 4.69) is 20.9 Å². The molecule has 6 heterocycles. The fraction of sp³-hybridized carbons (Fsp3) is 0.548. The van der Waals surface area contributed by atoms with Gasteiger partial charge in [-0.05, 0) is 101 Å². The maximum atomic E-state index is 16.8. The number of hydrogen-bond acceptors (Lipinski definition) is 9. The summed E-state index contributed by atoms with van der Waals surface area (Å²) in [4.78, 5) is 23.9. The smallest absolute Gasteiger partial charge is 0.319 e. The van der Waals surface area contributed by atoms with Crippen molar-refractivity contribution in [1.82, 2.24) is 24.8 Å². The van der Waals surface area contributed by atoms with Gasteiger partial charge < -0.3 is 15.4 Å². The lowest BCUT2D eigenvalue weighted by Gasteiger charge is -2.34. The van der Waals surface area contributed by atoms with Crippen molar-refractivity contribution >= 4 is 43.4 Å². The first-order chi connectivity index (χ1) is 19.9. The van der Waals surface area contributed by atoms with Gasteiger partial charge in [0.1, 0.15) is 23.6 Å². The number of aryl methyl sites for hydroxylation is 1. The van der Waals surface area contributed by atoms with Crippen LogP contribution in [0.2, 0.25) is 0 Å². The van der Waals surface area contributed by atoms with E-state index in [0.29, 0.717) is 40.0 Å². The van der Waals surface area contributed by atoms with Gasteiger partial charge in [-0.1, -0.05) is 11.3 Å². The molecule has 2 N–H and O–H groups in total. The zero-order valence-electron chi connectivity index (χ0n) is 23.7. The van der Waals surface area contributed by atoms with Gasteiger partial charge in [-0.25, -0.2) is 9.37 Å². The molecule has 4 aliphatic rings. The van der Waals surface area contributed by atoms with Gasteiger partial charge >= 0.3 is 6.01 Å². The van der Waals surface area contributed by atoms with Gasteiger partial charge in [0.05, 0.1) is 21.1 Å². The van der Waals surface area contributed by atoms with Crippen LogP contribution in [0, 0.1) is 31.5 Å². The first-order valence-electron chi connectivity index (χ1n) is 15.0. The molecule has 4 fully saturated rings. The Kier molecular flexibility index (Phi) is 5.90. The molecule has 0 spiro atoms. The third-order valence-electron chi connectivity index (χ3n) is 10.3. The minimum Gasteiger partial charge on any atom is -0.461 e. The molecule has 214 valence electrons. The number of nitrogens with zero attached hydrogens (tertiary/aromatic N) is 6. The molecule has 8 nitrogen and oxygen atoms in total. The minimum absolute atomic E-state index is 0.0551. The van der Waals surface area contributed by atoms with Crippen molar-refractivity contribution in [1.29, 1.82) is 0 Å². The molecule has 1 saturated carbocycles. The largest absolute Gasteiger partial charge is 0.461 e. The van der Waals surface area contributed by atoms with Gasteiger partial charge in [0.15, 0.2) is 10.9 Å². The molecule has 3 aromatic heterocycles. The van der Waals surface area contributed by atoms with Crippen LogP contribution in [-0.2, 0) is 0 Å². The Hall–Kier alpha value is -3.11. The van der Waals surface area contributed by atoms with Crippen molar-refractivity contribution in [3.8, 4) is 17.3 Å². The predicted molar refractivity (Wildman–Crippen MR) is 161 cm³/mol. The van der Waals surface area contributed by atoms with Crippen LogP contribution in [0.5, 0.6) is 6.01 Å². The van der Waals surface area contributed by atoms with Crippen molar-refractivity contribution in [2.75, 3.05) is 43.4 Å². The number of ether oxygens (including phenoxy) is 1. The fourth-order valence-electron chi connectivity index (χ4n) is 8.14. The van der Waals surface area contributed by atoms with Gasteiger partial charge in [-0.3, -0.25) is 9.88 Å². The van der Waals surface area contributed by atoms with Crippen LogP contribution in [-0.4, -0.2) is 63.2 Å².